The molecule has 1 aromatic carbocycles. The Kier molecular flexibility index (Phi) is 5.19. The minimum absolute atomic E-state index is 0.0637. The van der Waals surface area contributed by atoms with E-state index in [2.05, 4.69) is 11.8 Å². The highest BCUT2D eigenvalue weighted by Gasteiger charge is 2.19. The lowest BCUT2D eigenvalue weighted by molar-refractivity contribution is -0.0464. The Labute approximate surface area is 115 Å². The second-order valence-corrected chi connectivity index (χ2v) is 5.05. The van der Waals surface area contributed by atoms with Crippen LogP contribution in [0, 0.1) is 0 Å². The Morgan fingerprint density at radius 3 is 2.79 bits per heavy atom. The summed E-state index contributed by atoms with van der Waals surface area (Å²) < 4.78 is 11.5. The fourth-order valence-corrected chi connectivity index (χ4v) is 2.23. The number of hydrogen-bond donors (Lipinski definition) is 1. The zero-order chi connectivity index (χ0) is 13.7. The number of benzene rings is 1. The highest BCUT2D eigenvalue weighted by molar-refractivity contribution is 5.28. The fourth-order valence-electron chi connectivity index (χ4n) is 2.23. The lowest BCUT2D eigenvalue weighted by atomic mass is 10.1. The van der Waals surface area contributed by atoms with Crippen LogP contribution in [-0.4, -0.2) is 43.9 Å². The Morgan fingerprint density at radius 2 is 2.16 bits per heavy atom. The van der Waals surface area contributed by atoms with Gasteiger partial charge in [0.2, 0.25) is 0 Å². The molecule has 0 aromatic heterocycles. The van der Waals surface area contributed by atoms with E-state index in [4.69, 9.17) is 15.2 Å². The van der Waals surface area contributed by atoms with Crippen LogP contribution < -0.4 is 10.5 Å². The van der Waals surface area contributed by atoms with E-state index in [-0.39, 0.29) is 12.1 Å². The second kappa shape index (κ2) is 6.89. The molecule has 1 heterocycles. The van der Waals surface area contributed by atoms with Crippen molar-refractivity contribution in [3.63, 3.8) is 0 Å². The van der Waals surface area contributed by atoms with Crippen molar-refractivity contribution in [3.05, 3.63) is 29.8 Å². The van der Waals surface area contributed by atoms with E-state index in [1.54, 1.807) is 0 Å². The summed E-state index contributed by atoms with van der Waals surface area (Å²) in [7, 11) is 0. The van der Waals surface area contributed by atoms with Crippen molar-refractivity contribution in [2.45, 2.75) is 26.0 Å². The van der Waals surface area contributed by atoms with Gasteiger partial charge in [-0.25, -0.2) is 0 Å². The Hall–Kier alpha value is -1.10. The Balaban J connectivity index is 1.81. The molecule has 1 aliphatic heterocycles. The summed E-state index contributed by atoms with van der Waals surface area (Å²) in [6, 6.07) is 8.03. The maximum absolute atomic E-state index is 5.82. The molecule has 1 saturated heterocycles. The van der Waals surface area contributed by atoms with Gasteiger partial charge in [0.05, 0.1) is 6.61 Å². The van der Waals surface area contributed by atoms with E-state index < -0.39 is 0 Å². The Morgan fingerprint density at radius 1 is 1.42 bits per heavy atom. The van der Waals surface area contributed by atoms with Crippen molar-refractivity contribution in [1.82, 2.24) is 4.90 Å². The van der Waals surface area contributed by atoms with Crippen LogP contribution in [0.25, 0.3) is 0 Å². The van der Waals surface area contributed by atoms with Gasteiger partial charge in [0, 0.05) is 19.1 Å². The molecule has 2 N–H and O–H groups in total. The van der Waals surface area contributed by atoms with Crippen molar-refractivity contribution in [1.29, 1.82) is 0 Å². The smallest absolute Gasteiger partial charge is 0.119 e. The minimum atomic E-state index is 0.0637. The lowest BCUT2D eigenvalue weighted by Crippen LogP contribution is -2.44. The molecule has 2 atom stereocenters. The molecule has 0 bridgehead atoms. The van der Waals surface area contributed by atoms with Crippen molar-refractivity contribution >= 4 is 0 Å². The molecule has 1 unspecified atom stereocenters. The van der Waals surface area contributed by atoms with Gasteiger partial charge in [-0.05, 0) is 31.2 Å². The minimum Gasteiger partial charge on any atom is -0.491 e. The highest BCUT2D eigenvalue weighted by Crippen LogP contribution is 2.17. The molecule has 2 rings (SSSR count). The third kappa shape index (κ3) is 4.20. The number of nitrogens with two attached hydrogens (primary N) is 1. The first-order valence-corrected chi connectivity index (χ1v) is 7.01. The first kappa shape index (κ1) is 14.3. The monoisotopic (exact) mass is 264 g/mol. The van der Waals surface area contributed by atoms with Gasteiger partial charge in [-0.15, -0.1) is 0 Å². The molecule has 0 spiro atoms. The molecule has 4 nitrogen and oxygen atoms in total. The van der Waals surface area contributed by atoms with Crippen molar-refractivity contribution in [2.24, 2.45) is 5.73 Å². The van der Waals surface area contributed by atoms with E-state index in [1.165, 1.54) is 0 Å². The first-order valence-electron chi connectivity index (χ1n) is 7.01. The number of rotatable bonds is 5. The van der Waals surface area contributed by atoms with Crippen LogP contribution in [0.15, 0.2) is 24.3 Å². The largest absolute Gasteiger partial charge is 0.491 e. The van der Waals surface area contributed by atoms with Gasteiger partial charge < -0.3 is 15.2 Å². The van der Waals surface area contributed by atoms with Gasteiger partial charge in [-0.1, -0.05) is 19.1 Å². The standard InChI is InChI=1S/C15H24N2O2/c1-3-17-8-9-18-15(10-17)11-19-14-6-4-13(5-7-14)12(2)16/h4-7,12,15H,3,8-11,16H2,1-2H3/t12-,15?/m0/s1. The summed E-state index contributed by atoms with van der Waals surface area (Å²) in [5.41, 5.74) is 6.94. The molecular weight excluding hydrogens is 240 g/mol. The van der Waals surface area contributed by atoms with Gasteiger partial charge in [0.1, 0.15) is 18.5 Å². The predicted octanol–water partition coefficient (Wildman–Crippen LogP) is 1.81. The molecule has 0 saturated carbocycles. The number of nitrogens with zero attached hydrogens (tertiary/aromatic N) is 1. The average Bonchev–Trinajstić information content (AvgIpc) is 2.46. The van der Waals surface area contributed by atoms with Crippen LogP contribution >= 0.6 is 0 Å². The van der Waals surface area contributed by atoms with Crippen molar-refractivity contribution < 1.29 is 9.47 Å². The fraction of sp³-hybridized carbons (Fsp3) is 0.600. The Bertz CT molecular complexity index is 378. The third-order valence-electron chi connectivity index (χ3n) is 3.51. The summed E-state index contributed by atoms with van der Waals surface area (Å²) >= 11 is 0. The van der Waals surface area contributed by atoms with Crippen LogP contribution in [-0.2, 0) is 4.74 Å². The normalized spacial score (nSPS) is 22.2. The average molecular weight is 264 g/mol. The molecular formula is C15H24N2O2. The molecule has 4 heteroatoms. The number of hydrogen-bond acceptors (Lipinski definition) is 4. The molecule has 0 amide bonds. The van der Waals surface area contributed by atoms with Gasteiger partial charge in [-0.3, -0.25) is 4.90 Å². The summed E-state index contributed by atoms with van der Waals surface area (Å²) in [5.74, 6) is 0.877. The maximum atomic E-state index is 5.82. The van der Waals surface area contributed by atoms with Crippen LogP contribution in [0.3, 0.4) is 0 Å². The van der Waals surface area contributed by atoms with E-state index in [0.29, 0.717) is 6.61 Å². The van der Waals surface area contributed by atoms with Crippen LogP contribution in [0.1, 0.15) is 25.5 Å². The van der Waals surface area contributed by atoms with Crippen molar-refractivity contribution in [2.75, 3.05) is 32.8 Å². The van der Waals surface area contributed by atoms with Gasteiger partial charge in [0.25, 0.3) is 0 Å². The highest BCUT2D eigenvalue weighted by atomic mass is 16.5. The maximum Gasteiger partial charge on any atom is 0.119 e. The summed E-state index contributed by atoms with van der Waals surface area (Å²) in [6.07, 6.45) is 0.168. The number of morpholine rings is 1. The van der Waals surface area contributed by atoms with Gasteiger partial charge in [0.15, 0.2) is 0 Å². The zero-order valence-corrected chi connectivity index (χ0v) is 11.8. The zero-order valence-electron chi connectivity index (χ0n) is 11.8. The van der Waals surface area contributed by atoms with E-state index in [9.17, 15) is 0 Å². The van der Waals surface area contributed by atoms with Gasteiger partial charge >= 0.3 is 0 Å². The topological polar surface area (TPSA) is 47.7 Å². The van der Waals surface area contributed by atoms with Crippen molar-refractivity contribution in [3.8, 4) is 5.75 Å². The third-order valence-corrected chi connectivity index (χ3v) is 3.51. The van der Waals surface area contributed by atoms with Crippen LogP contribution in [0.5, 0.6) is 5.75 Å². The quantitative estimate of drug-likeness (QED) is 0.881. The summed E-state index contributed by atoms with van der Waals surface area (Å²) in [6.45, 7) is 8.61. The summed E-state index contributed by atoms with van der Waals surface area (Å²) in [4.78, 5) is 2.39. The molecule has 1 aromatic rings. The lowest BCUT2D eigenvalue weighted by Gasteiger charge is -2.31. The van der Waals surface area contributed by atoms with E-state index in [1.807, 2.05) is 31.2 Å². The number of likely N-dealkylation sites (N-methyl/N-ethyl adjacent to an activating group) is 1. The molecule has 19 heavy (non-hydrogen) atoms. The molecule has 1 aliphatic rings. The van der Waals surface area contributed by atoms with Gasteiger partial charge in [-0.2, -0.15) is 0 Å². The molecule has 0 aliphatic carbocycles. The van der Waals surface area contributed by atoms with E-state index >= 15 is 0 Å². The molecule has 106 valence electrons. The molecule has 1 fully saturated rings. The van der Waals surface area contributed by atoms with Crippen LogP contribution in [0.2, 0.25) is 0 Å². The number of ether oxygens (including phenoxy) is 2. The second-order valence-electron chi connectivity index (χ2n) is 5.05. The van der Waals surface area contributed by atoms with Crippen LogP contribution in [0.4, 0.5) is 0 Å². The SMILES string of the molecule is CCN1CCOC(COc2ccc([C@H](C)N)cc2)C1. The summed E-state index contributed by atoms with van der Waals surface area (Å²) in [5, 5.41) is 0. The predicted molar refractivity (Wildman–Crippen MR) is 76.4 cm³/mol. The molecule has 0 radical (unpaired) electrons. The first-order chi connectivity index (χ1) is 9.19. The van der Waals surface area contributed by atoms with E-state index in [0.717, 1.165) is 37.6 Å².